The predicted octanol–water partition coefficient (Wildman–Crippen LogP) is 8.68. The van der Waals surface area contributed by atoms with Gasteiger partial charge in [-0.3, -0.25) is 0 Å². The minimum Gasteiger partial charge on any atom is -0.134 e. The van der Waals surface area contributed by atoms with E-state index in [-0.39, 0.29) is 0 Å². The van der Waals surface area contributed by atoms with E-state index in [1.807, 2.05) is 0 Å². The van der Waals surface area contributed by atoms with Crippen molar-refractivity contribution in [1.29, 1.82) is 0 Å². The van der Waals surface area contributed by atoms with Crippen molar-refractivity contribution in [2.75, 3.05) is 0 Å². The van der Waals surface area contributed by atoms with Crippen LogP contribution in [0.2, 0.25) is 0 Å². The van der Waals surface area contributed by atoms with Gasteiger partial charge in [0.25, 0.3) is 0 Å². The fourth-order valence-electron chi connectivity index (χ4n) is 3.39. The SMILES string of the molecule is CCCCCCCCCCCCCCCCCC(P)CCCC. The first-order valence-electron chi connectivity index (χ1n) is 11.1. The lowest BCUT2D eigenvalue weighted by Crippen LogP contribution is -1.97. The van der Waals surface area contributed by atoms with Crippen LogP contribution in [0, 0.1) is 0 Å². The molecule has 0 radical (unpaired) electrons. The molecule has 0 aliphatic rings. The summed E-state index contributed by atoms with van der Waals surface area (Å²) in [5.41, 5.74) is 0.886. The van der Waals surface area contributed by atoms with E-state index in [1.165, 1.54) is 122 Å². The van der Waals surface area contributed by atoms with Crippen molar-refractivity contribution in [1.82, 2.24) is 0 Å². The molecular formula is C22H47P. The maximum atomic E-state index is 3.06. The van der Waals surface area contributed by atoms with Gasteiger partial charge in [-0.2, -0.15) is 0 Å². The number of rotatable bonds is 19. The van der Waals surface area contributed by atoms with E-state index in [4.69, 9.17) is 0 Å². The minimum absolute atomic E-state index is 0.886. The average molecular weight is 343 g/mol. The van der Waals surface area contributed by atoms with Gasteiger partial charge in [0.2, 0.25) is 0 Å². The molecule has 0 aromatic carbocycles. The lowest BCUT2D eigenvalue weighted by molar-refractivity contribution is 0.525. The molecule has 0 amide bonds. The van der Waals surface area contributed by atoms with Crippen molar-refractivity contribution >= 4 is 9.24 Å². The lowest BCUT2D eigenvalue weighted by atomic mass is 10.0. The molecule has 0 heterocycles. The van der Waals surface area contributed by atoms with Crippen LogP contribution in [0.3, 0.4) is 0 Å². The predicted molar refractivity (Wildman–Crippen MR) is 113 cm³/mol. The minimum atomic E-state index is 0.886. The van der Waals surface area contributed by atoms with Crippen molar-refractivity contribution < 1.29 is 0 Å². The Morgan fingerprint density at radius 1 is 0.435 bits per heavy atom. The Kier molecular flexibility index (Phi) is 20.9. The van der Waals surface area contributed by atoms with Crippen LogP contribution in [-0.4, -0.2) is 5.66 Å². The van der Waals surface area contributed by atoms with E-state index >= 15 is 0 Å². The maximum absolute atomic E-state index is 3.06. The summed E-state index contributed by atoms with van der Waals surface area (Å²) in [5.74, 6) is 0. The van der Waals surface area contributed by atoms with E-state index < -0.39 is 0 Å². The summed E-state index contributed by atoms with van der Waals surface area (Å²) in [6.07, 6.45) is 27.6. The fourth-order valence-corrected chi connectivity index (χ4v) is 3.86. The van der Waals surface area contributed by atoms with Gasteiger partial charge in [0.15, 0.2) is 0 Å². The van der Waals surface area contributed by atoms with E-state index in [0.717, 1.165) is 5.66 Å². The van der Waals surface area contributed by atoms with Gasteiger partial charge in [-0.05, 0) is 18.5 Å². The molecule has 0 nitrogen and oxygen atoms in total. The molecular weight excluding hydrogens is 295 g/mol. The third kappa shape index (κ3) is 20.4. The summed E-state index contributed by atoms with van der Waals surface area (Å²) in [4.78, 5) is 0. The van der Waals surface area contributed by atoms with Crippen LogP contribution in [0.1, 0.15) is 136 Å². The monoisotopic (exact) mass is 342 g/mol. The zero-order chi connectivity index (χ0) is 17.0. The first-order chi connectivity index (χ1) is 11.3. The topological polar surface area (TPSA) is 0 Å². The number of unbranched alkanes of at least 4 members (excludes halogenated alkanes) is 15. The molecule has 23 heavy (non-hydrogen) atoms. The van der Waals surface area contributed by atoms with E-state index in [9.17, 15) is 0 Å². The molecule has 0 saturated heterocycles. The van der Waals surface area contributed by atoms with Crippen molar-refractivity contribution in [2.24, 2.45) is 0 Å². The highest BCUT2D eigenvalue weighted by Gasteiger charge is 2.01. The van der Waals surface area contributed by atoms with Crippen LogP contribution < -0.4 is 0 Å². The molecule has 0 fully saturated rings. The molecule has 0 aromatic rings. The van der Waals surface area contributed by atoms with Gasteiger partial charge in [0.05, 0.1) is 0 Å². The van der Waals surface area contributed by atoms with Gasteiger partial charge < -0.3 is 0 Å². The molecule has 0 rings (SSSR count). The molecule has 0 aliphatic carbocycles. The molecule has 1 heteroatoms. The Labute approximate surface area is 151 Å². The maximum Gasteiger partial charge on any atom is -0.0264 e. The average Bonchev–Trinajstić information content (AvgIpc) is 2.56. The molecule has 0 spiro atoms. The van der Waals surface area contributed by atoms with Gasteiger partial charge in [-0.1, -0.05) is 123 Å². The number of hydrogen-bond acceptors (Lipinski definition) is 0. The van der Waals surface area contributed by atoms with E-state index in [2.05, 4.69) is 23.1 Å². The zero-order valence-corrected chi connectivity index (χ0v) is 17.7. The molecule has 0 bridgehead atoms. The summed E-state index contributed by atoms with van der Waals surface area (Å²) in [6.45, 7) is 4.60. The standard InChI is InChI=1S/C22H47P/c1-3-5-7-8-9-10-11-12-13-14-15-16-17-18-19-21-22(23)20-6-4-2/h22H,3-21,23H2,1-2H3. The Morgan fingerprint density at radius 2 is 0.739 bits per heavy atom. The van der Waals surface area contributed by atoms with E-state index in [0.29, 0.717) is 0 Å². The highest BCUT2D eigenvalue weighted by atomic mass is 31.0. The molecule has 0 aliphatic heterocycles. The first kappa shape index (κ1) is 23.4. The van der Waals surface area contributed by atoms with Crippen LogP contribution >= 0.6 is 9.24 Å². The van der Waals surface area contributed by atoms with Crippen molar-refractivity contribution in [3.05, 3.63) is 0 Å². The van der Waals surface area contributed by atoms with Gasteiger partial charge in [-0.25, -0.2) is 0 Å². The van der Waals surface area contributed by atoms with E-state index in [1.54, 1.807) is 0 Å². The number of hydrogen-bond donors (Lipinski definition) is 0. The van der Waals surface area contributed by atoms with Crippen molar-refractivity contribution in [3.63, 3.8) is 0 Å². The lowest BCUT2D eigenvalue weighted by Gasteiger charge is -2.09. The molecule has 140 valence electrons. The highest BCUT2D eigenvalue weighted by molar-refractivity contribution is 7.17. The normalized spacial score (nSPS) is 12.7. The molecule has 0 saturated carbocycles. The van der Waals surface area contributed by atoms with Gasteiger partial charge in [0.1, 0.15) is 0 Å². The first-order valence-corrected chi connectivity index (χ1v) is 11.7. The Bertz CT molecular complexity index is 202. The fraction of sp³-hybridized carbons (Fsp3) is 1.00. The zero-order valence-electron chi connectivity index (χ0n) is 16.6. The summed E-state index contributed by atoms with van der Waals surface area (Å²) in [7, 11) is 3.06. The second-order valence-electron chi connectivity index (χ2n) is 7.64. The Balaban J connectivity index is 3.02. The van der Waals surface area contributed by atoms with Crippen LogP contribution in [0.15, 0.2) is 0 Å². The Morgan fingerprint density at radius 3 is 1.13 bits per heavy atom. The molecule has 2 atom stereocenters. The van der Waals surface area contributed by atoms with Crippen LogP contribution in [0.5, 0.6) is 0 Å². The van der Waals surface area contributed by atoms with Crippen LogP contribution in [-0.2, 0) is 0 Å². The smallest absolute Gasteiger partial charge is 0.0264 e. The largest absolute Gasteiger partial charge is 0.134 e. The third-order valence-electron chi connectivity index (χ3n) is 5.11. The second kappa shape index (κ2) is 20.5. The van der Waals surface area contributed by atoms with Crippen LogP contribution in [0.25, 0.3) is 0 Å². The summed E-state index contributed by atoms with van der Waals surface area (Å²) in [5, 5.41) is 0. The van der Waals surface area contributed by atoms with Crippen LogP contribution in [0.4, 0.5) is 0 Å². The van der Waals surface area contributed by atoms with Crippen molar-refractivity contribution in [2.45, 2.75) is 142 Å². The van der Waals surface area contributed by atoms with Gasteiger partial charge in [-0.15, -0.1) is 9.24 Å². The quantitative estimate of drug-likeness (QED) is 0.163. The van der Waals surface area contributed by atoms with Gasteiger partial charge >= 0.3 is 0 Å². The Hall–Kier alpha value is 0.430. The van der Waals surface area contributed by atoms with Crippen molar-refractivity contribution in [3.8, 4) is 0 Å². The molecule has 0 N–H and O–H groups in total. The molecule has 0 aromatic heterocycles. The summed E-state index contributed by atoms with van der Waals surface area (Å²) >= 11 is 0. The third-order valence-corrected chi connectivity index (χ3v) is 5.77. The highest BCUT2D eigenvalue weighted by Crippen LogP contribution is 2.18. The summed E-state index contributed by atoms with van der Waals surface area (Å²) in [6, 6.07) is 0. The summed E-state index contributed by atoms with van der Waals surface area (Å²) < 4.78 is 0. The second-order valence-corrected chi connectivity index (χ2v) is 8.58. The molecule has 2 unspecified atom stereocenters. The van der Waals surface area contributed by atoms with Gasteiger partial charge in [0, 0.05) is 0 Å².